The molecule has 2 N–H and O–H groups in total. The van der Waals surface area contributed by atoms with Crippen LogP contribution < -0.4 is 10.6 Å². The molecule has 1 heterocycles. The van der Waals surface area contributed by atoms with Crippen LogP contribution in [0.15, 0.2) is 24.3 Å². The molecule has 1 aromatic carbocycles. The molecule has 0 atom stereocenters. The zero-order chi connectivity index (χ0) is 17.6. The first-order valence-electron chi connectivity index (χ1n) is 8.77. The van der Waals surface area contributed by atoms with Crippen molar-refractivity contribution in [3.63, 3.8) is 0 Å². The number of benzene rings is 1. The molecule has 2 aromatic rings. The van der Waals surface area contributed by atoms with E-state index in [0.29, 0.717) is 18.7 Å². The lowest BCUT2D eigenvalue weighted by Gasteiger charge is -2.19. The molecule has 1 aliphatic carbocycles. The van der Waals surface area contributed by atoms with Gasteiger partial charge in [0.15, 0.2) is 0 Å². The van der Waals surface area contributed by atoms with E-state index in [9.17, 15) is 9.18 Å². The third-order valence-corrected chi connectivity index (χ3v) is 4.31. The fraction of sp³-hybridized carbons (Fsp3) is 0.421. The van der Waals surface area contributed by atoms with Gasteiger partial charge < -0.3 is 10.6 Å². The number of anilines is 1. The lowest BCUT2D eigenvalue weighted by atomic mass is 9.96. The van der Waals surface area contributed by atoms with E-state index < -0.39 is 5.82 Å². The topological polar surface area (TPSA) is 66.9 Å². The van der Waals surface area contributed by atoms with Crippen molar-refractivity contribution in [2.45, 2.75) is 39.0 Å². The van der Waals surface area contributed by atoms with Crippen molar-refractivity contribution in [2.24, 2.45) is 0 Å². The first-order valence-corrected chi connectivity index (χ1v) is 8.77. The van der Waals surface area contributed by atoms with Crippen LogP contribution >= 0.6 is 0 Å². The van der Waals surface area contributed by atoms with Crippen LogP contribution in [0.3, 0.4) is 0 Å². The van der Waals surface area contributed by atoms with Gasteiger partial charge in [0.05, 0.1) is 0 Å². The Labute approximate surface area is 147 Å². The number of halogens is 1. The molecular weight excluding hydrogens is 319 g/mol. The van der Waals surface area contributed by atoms with Gasteiger partial charge in [-0.3, -0.25) is 4.79 Å². The van der Waals surface area contributed by atoms with Crippen molar-refractivity contribution in [1.82, 2.24) is 15.3 Å². The van der Waals surface area contributed by atoms with E-state index >= 15 is 0 Å². The maximum absolute atomic E-state index is 13.1. The number of carbonyl (C=O) groups is 1. The number of amides is 1. The van der Waals surface area contributed by atoms with E-state index in [2.05, 4.69) is 20.6 Å². The number of hydrogen-bond acceptors (Lipinski definition) is 4. The minimum Gasteiger partial charge on any atom is -0.370 e. The monoisotopic (exact) mass is 342 g/mol. The van der Waals surface area contributed by atoms with Gasteiger partial charge in [-0.1, -0.05) is 6.07 Å². The molecule has 0 saturated carbocycles. The maximum Gasteiger partial charge on any atom is 0.251 e. The summed E-state index contributed by atoms with van der Waals surface area (Å²) in [6.45, 7) is 3.15. The van der Waals surface area contributed by atoms with E-state index in [4.69, 9.17) is 0 Å². The highest BCUT2D eigenvalue weighted by atomic mass is 19.1. The Hall–Kier alpha value is -2.50. The van der Waals surface area contributed by atoms with Gasteiger partial charge in [0, 0.05) is 29.9 Å². The normalized spacial score (nSPS) is 13.2. The lowest BCUT2D eigenvalue weighted by Crippen LogP contribution is -2.26. The second-order valence-electron chi connectivity index (χ2n) is 6.30. The second-order valence-corrected chi connectivity index (χ2v) is 6.30. The van der Waals surface area contributed by atoms with E-state index in [1.54, 1.807) is 6.07 Å². The molecule has 3 rings (SSSR count). The highest BCUT2D eigenvalue weighted by Gasteiger charge is 2.16. The maximum atomic E-state index is 13.1. The summed E-state index contributed by atoms with van der Waals surface area (Å²) in [5.41, 5.74) is 2.75. The van der Waals surface area contributed by atoms with Gasteiger partial charge in [0.1, 0.15) is 17.5 Å². The van der Waals surface area contributed by atoms with Gasteiger partial charge in [-0.25, -0.2) is 14.4 Å². The summed E-state index contributed by atoms with van der Waals surface area (Å²) in [7, 11) is 0. The van der Waals surface area contributed by atoms with Crippen LogP contribution in [0.2, 0.25) is 0 Å². The summed E-state index contributed by atoms with van der Waals surface area (Å²) in [6.07, 6.45) is 5.18. The van der Waals surface area contributed by atoms with Gasteiger partial charge in [0.25, 0.3) is 5.91 Å². The van der Waals surface area contributed by atoms with E-state index in [0.717, 1.165) is 30.9 Å². The molecule has 0 aliphatic heterocycles. The molecule has 0 saturated heterocycles. The number of aryl methyl sites for hydroxylation is 2. The average Bonchev–Trinajstić information content (AvgIpc) is 2.61. The summed E-state index contributed by atoms with van der Waals surface area (Å²) in [4.78, 5) is 21.0. The smallest absolute Gasteiger partial charge is 0.251 e. The third-order valence-electron chi connectivity index (χ3n) is 4.31. The lowest BCUT2D eigenvalue weighted by molar-refractivity contribution is 0.0953. The molecule has 0 bridgehead atoms. The van der Waals surface area contributed by atoms with Crippen molar-refractivity contribution in [1.29, 1.82) is 0 Å². The highest BCUT2D eigenvalue weighted by molar-refractivity contribution is 5.94. The Kier molecular flexibility index (Phi) is 5.58. The number of nitrogens with zero attached hydrogens (tertiary/aromatic N) is 2. The van der Waals surface area contributed by atoms with Crippen LogP contribution in [0.1, 0.15) is 46.7 Å². The Morgan fingerprint density at radius 1 is 1.20 bits per heavy atom. The van der Waals surface area contributed by atoms with Crippen LogP contribution in [-0.4, -0.2) is 29.0 Å². The number of carbonyl (C=O) groups excluding carboxylic acids is 1. The third kappa shape index (κ3) is 4.53. The Morgan fingerprint density at radius 2 is 2.04 bits per heavy atom. The van der Waals surface area contributed by atoms with E-state index in [1.807, 2.05) is 6.92 Å². The number of nitrogens with one attached hydrogen (secondary N) is 2. The summed E-state index contributed by atoms with van der Waals surface area (Å²) in [6, 6.07) is 5.70. The molecule has 0 spiro atoms. The number of aromatic nitrogens is 2. The van der Waals surface area contributed by atoms with Crippen LogP contribution in [0, 0.1) is 12.7 Å². The zero-order valence-electron chi connectivity index (χ0n) is 14.4. The van der Waals surface area contributed by atoms with Crippen LogP contribution in [0.5, 0.6) is 0 Å². The fourth-order valence-electron chi connectivity index (χ4n) is 3.09. The summed E-state index contributed by atoms with van der Waals surface area (Å²) < 4.78 is 13.1. The van der Waals surface area contributed by atoms with Gasteiger partial charge in [-0.2, -0.15) is 0 Å². The van der Waals surface area contributed by atoms with Crippen molar-refractivity contribution >= 4 is 11.7 Å². The predicted octanol–water partition coefficient (Wildman–Crippen LogP) is 3.03. The molecule has 25 heavy (non-hydrogen) atoms. The summed E-state index contributed by atoms with van der Waals surface area (Å²) >= 11 is 0. The Morgan fingerprint density at radius 3 is 2.88 bits per heavy atom. The molecule has 132 valence electrons. The summed E-state index contributed by atoms with van der Waals surface area (Å²) in [5, 5.41) is 6.18. The molecule has 0 fully saturated rings. The number of rotatable bonds is 6. The molecule has 1 amide bonds. The first-order chi connectivity index (χ1) is 12.1. The van der Waals surface area contributed by atoms with Crippen LogP contribution in [0.25, 0.3) is 0 Å². The average molecular weight is 342 g/mol. The molecule has 1 aromatic heterocycles. The van der Waals surface area contributed by atoms with Crippen molar-refractivity contribution in [3.8, 4) is 0 Å². The SMILES string of the molecule is Cc1nc2c(c(NCCCNC(=O)c3cccc(F)c3)n1)CCCC2. The minimum atomic E-state index is -0.404. The fourth-order valence-corrected chi connectivity index (χ4v) is 3.09. The quantitative estimate of drug-likeness (QED) is 0.792. The minimum absolute atomic E-state index is 0.255. The molecule has 0 radical (unpaired) electrons. The Balaban J connectivity index is 1.48. The van der Waals surface area contributed by atoms with E-state index in [-0.39, 0.29) is 5.91 Å². The standard InChI is InChI=1S/C19H23FN4O/c1-13-23-17-9-3-2-8-16(17)18(24-13)21-10-5-11-22-19(25)14-6-4-7-15(20)12-14/h4,6-7,12H,2-3,5,8-11H2,1H3,(H,22,25)(H,21,23,24). The number of fused-ring (bicyclic) bond motifs is 1. The Bertz CT molecular complexity index is 763. The largest absolute Gasteiger partial charge is 0.370 e. The van der Waals surface area contributed by atoms with Crippen LogP contribution in [-0.2, 0) is 12.8 Å². The number of hydrogen-bond donors (Lipinski definition) is 2. The van der Waals surface area contributed by atoms with Gasteiger partial charge in [-0.15, -0.1) is 0 Å². The molecular formula is C19H23FN4O. The second kappa shape index (κ2) is 8.05. The van der Waals surface area contributed by atoms with E-state index in [1.165, 1.54) is 42.3 Å². The van der Waals surface area contributed by atoms with Gasteiger partial charge >= 0.3 is 0 Å². The van der Waals surface area contributed by atoms with Gasteiger partial charge in [-0.05, 0) is 57.2 Å². The first kappa shape index (κ1) is 17.3. The summed E-state index contributed by atoms with van der Waals surface area (Å²) in [5.74, 6) is 1.06. The predicted molar refractivity (Wildman–Crippen MR) is 95.3 cm³/mol. The highest BCUT2D eigenvalue weighted by Crippen LogP contribution is 2.25. The van der Waals surface area contributed by atoms with Crippen molar-refractivity contribution in [2.75, 3.05) is 18.4 Å². The van der Waals surface area contributed by atoms with Crippen LogP contribution in [0.4, 0.5) is 10.2 Å². The van der Waals surface area contributed by atoms with Crippen molar-refractivity contribution in [3.05, 3.63) is 52.7 Å². The van der Waals surface area contributed by atoms with Crippen molar-refractivity contribution < 1.29 is 9.18 Å². The molecule has 6 heteroatoms. The molecule has 5 nitrogen and oxygen atoms in total. The molecule has 1 aliphatic rings. The van der Waals surface area contributed by atoms with Gasteiger partial charge in [0.2, 0.25) is 0 Å². The molecule has 0 unspecified atom stereocenters. The zero-order valence-corrected chi connectivity index (χ0v) is 14.4.